The zero-order chi connectivity index (χ0) is 16.7. The minimum Gasteiger partial charge on any atom is -0.356 e. The Morgan fingerprint density at radius 3 is 2.54 bits per heavy atom. The molecule has 1 aromatic carbocycles. The number of nitrogens with zero attached hydrogens (tertiary/aromatic N) is 3. The quantitative estimate of drug-likeness (QED) is 0.558. The van der Waals surface area contributed by atoms with E-state index in [9.17, 15) is 8.42 Å². The summed E-state index contributed by atoms with van der Waals surface area (Å²) in [4.78, 5) is 4.36. The number of rotatable bonds is 3. The lowest BCUT2D eigenvalue weighted by Crippen LogP contribution is -2.12. The van der Waals surface area contributed by atoms with Gasteiger partial charge in [0.25, 0.3) is 10.0 Å². The molecular formula is C16H10ClN3O3S. The first-order valence-electron chi connectivity index (χ1n) is 6.96. The van der Waals surface area contributed by atoms with Gasteiger partial charge in [-0.3, -0.25) is 0 Å². The summed E-state index contributed by atoms with van der Waals surface area (Å²) >= 11 is 6.28. The van der Waals surface area contributed by atoms with Crippen LogP contribution in [0.5, 0.6) is 0 Å². The SMILES string of the molecule is O=S(=O)(c1ccccc1)n1cc(-c2ccno2)c2c(Cl)ccnc21. The summed E-state index contributed by atoms with van der Waals surface area (Å²) < 4.78 is 32.2. The van der Waals surface area contributed by atoms with Crippen molar-refractivity contribution in [2.75, 3.05) is 0 Å². The number of hydrogen-bond donors (Lipinski definition) is 0. The topological polar surface area (TPSA) is 78.0 Å². The molecule has 0 amide bonds. The largest absolute Gasteiger partial charge is 0.356 e. The van der Waals surface area contributed by atoms with Gasteiger partial charge in [0.1, 0.15) is 0 Å². The van der Waals surface area contributed by atoms with Crippen LogP contribution in [-0.4, -0.2) is 22.5 Å². The molecule has 0 unspecified atom stereocenters. The highest BCUT2D eigenvalue weighted by atomic mass is 35.5. The van der Waals surface area contributed by atoms with Gasteiger partial charge in [0.05, 0.1) is 21.7 Å². The third-order valence-electron chi connectivity index (χ3n) is 3.61. The summed E-state index contributed by atoms with van der Waals surface area (Å²) in [5.41, 5.74) is 0.748. The fraction of sp³-hybridized carbons (Fsp3) is 0. The van der Waals surface area contributed by atoms with E-state index in [1.807, 2.05) is 0 Å². The van der Waals surface area contributed by atoms with Crippen molar-refractivity contribution in [2.24, 2.45) is 0 Å². The van der Waals surface area contributed by atoms with Gasteiger partial charge >= 0.3 is 0 Å². The molecule has 3 aromatic heterocycles. The van der Waals surface area contributed by atoms with Crippen molar-refractivity contribution >= 4 is 32.7 Å². The maximum absolute atomic E-state index is 13.0. The van der Waals surface area contributed by atoms with Crippen molar-refractivity contribution in [1.29, 1.82) is 0 Å². The minimum atomic E-state index is -3.82. The zero-order valence-electron chi connectivity index (χ0n) is 12.1. The lowest BCUT2D eigenvalue weighted by atomic mass is 10.2. The van der Waals surface area contributed by atoms with Gasteiger partial charge in [-0.25, -0.2) is 17.4 Å². The molecule has 0 atom stereocenters. The van der Waals surface area contributed by atoms with Gasteiger partial charge in [-0.05, 0) is 18.2 Å². The predicted octanol–water partition coefficient (Wildman–Crippen LogP) is 3.58. The third-order valence-corrected chi connectivity index (χ3v) is 5.59. The molecule has 0 spiro atoms. The second kappa shape index (κ2) is 5.47. The van der Waals surface area contributed by atoms with Gasteiger partial charge < -0.3 is 4.52 Å². The van der Waals surface area contributed by atoms with E-state index < -0.39 is 10.0 Å². The Morgan fingerprint density at radius 1 is 1.04 bits per heavy atom. The van der Waals surface area contributed by atoms with Crippen molar-refractivity contribution in [2.45, 2.75) is 4.90 Å². The van der Waals surface area contributed by atoms with Gasteiger partial charge in [0, 0.05) is 23.8 Å². The lowest BCUT2D eigenvalue weighted by Gasteiger charge is -2.06. The van der Waals surface area contributed by atoms with E-state index in [1.54, 1.807) is 30.3 Å². The molecule has 6 nitrogen and oxygen atoms in total. The van der Waals surface area contributed by atoms with Crippen molar-refractivity contribution in [3.8, 4) is 11.3 Å². The molecule has 120 valence electrons. The Morgan fingerprint density at radius 2 is 1.83 bits per heavy atom. The molecule has 4 aromatic rings. The summed E-state index contributed by atoms with van der Waals surface area (Å²) in [6, 6.07) is 11.4. The van der Waals surface area contributed by atoms with E-state index in [0.29, 0.717) is 21.7 Å². The molecular weight excluding hydrogens is 350 g/mol. The van der Waals surface area contributed by atoms with E-state index in [2.05, 4.69) is 10.1 Å². The van der Waals surface area contributed by atoms with Crippen LogP contribution in [0.2, 0.25) is 5.02 Å². The van der Waals surface area contributed by atoms with Crippen LogP contribution in [-0.2, 0) is 10.0 Å². The number of pyridine rings is 1. The average molecular weight is 360 g/mol. The highest BCUT2D eigenvalue weighted by Crippen LogP contribution is 2.35. The molecule has 0 fully saturated rings. The third kappa shape index (κ3) is 2.21. The summed E-state index contributed by atoms with van der Waals surface area (Å²) in [7, 11) is -3.82. The first kappa shape index (κ1) is 14.9. The summed E-state index contributed by atoms with van der Waals surface area (Å²) in [6.45, 7) is 0. The van der Waals surface area contributed by atoms with Crippen LogP contribution in [0.1, 0.15) is 0 Å². The first-order chi connectivity index (χ1) is 11.6. The second-order valence-electron chi connectivity index (χ2n) is 5.02. The van der Waals surface area contributed by atoms with E-state index >= 15 is 0 Å². The molecule has 24 heavy (non-hydrogen) atoms. The molecule has 0 saturated carbocycles. The van der Waals surface area contributed by atoms with Gasteiger partial charge in [0.15, 0.2) is 11.4 Å². The van der Waals surface area contributed by atoms with E-state index in [0.717, 1.165) is 3.97 Å². The van der Waals surface area contributed by atoms with Crippen molar-refractivity contribution in [3.63, 3.8) is 0 Å². The van der Waals surface area contributed by atoms with Crippen LogP contribution in [0.3, 0.4) is 0 Å². The molecule has 8 heteroatoms. The van der Waals surface area contributed by atoms with Gasteiger partial charge in [-0.2, -0.15) is 0 Å². The molecule has 0 radical (unpaired) electrons. The average Bonchev–Trinajstić information content (AvgIpc) is 3.23. The number of aromatic nitrogens is 3. The summed E-state index contributed by atoms with van der Waals surface area (Å²) in [5.74, 6) is 0.414. The van der Waals surface area contributed by atoms with Gasteiger partial charge in [-0.15, -0.1) is 0 Å². The van der Waals surface area contributed by atoms with Crippen LogP contribution in [0, 0.1) is 0 Å². The minimum absolute atomic E-state index is 0.160. The van der Waals surface area contributed by atoms with Crippen molar-refractivity contribution in [1.82, 2.24) is 14.1 Å². The Labute approximate surface area is 142 Å². The molecule has 4 rings (SSSR count). The van der Waals surface area contributed by atoms with Crippen molar-refractivity contribution in [3.05, 3.63) is 66.1 Å². The zero-order valence-corrected chi connectivity index (χ0v) is 13.7. The highest BCUT2D eigenvalue weighted by molar-refractivity contribution is 7.90. The van der Waals surface area contributed by atoms with Crippen LogP contribution in [0.15, 0.2) is 70.5 Å². The smallest absolute Gasteiger partial charge is 0.269 e. The van der Waals surface area contributed by atoms with Gasteiger partial charge in [0.2, 0.25) is 0 Å². The number of hydrogen-bond acceptors (Lipinski definition) is 5. The van der Waals surface area contributed by atoms with E-state index in [1.165, 1.54) is 30.7 Å². The molecule has 0 bridgehead atoms. The maximum Gasteiger partial charge on any atom is 0.269 e. The highest BCUT2D eigenvalue weighted by Gasteiger charge is 2.24. The number of fused-ring (bicyclic) bond motifs is 1. The molecule has 0 aliphatic rings. The fourth-order valence-corrected chi connectivity index (χ4v) is 4.10. The number of benzene rings is 1. The molecule has 0 saturated heterocycles. The predicted molar refractivity (Wildman–Crippen MR) is 89.3 cm³/mol. The Balaban J connectivity index is 2.06. The second-order valence-corrected chi connectivity index (χ2v) is 7.25. The van der Waals surface area contributed by atoms with Crippen LogP contribution >= 0.6 is 11.6 Å². The van der Waals surface area contributed by atoms with Crippen LogP contribution in [0.4, 0.5) is 0 Å². The van der Waals surface area contributed by atoms with Crippen molar-refractivity contribution < 1.29 is 12.9 Å². The molecule has 0 N–H and O–H groups in total. The van der Waals surface area contributed by atoms with Crippen LogP contribution < -0.4 is 0 Å². The fourth-order valence-electron chi connectivity index (χ4n) is 2.52. The number of halogens is 1. The standard InChI is InChI=1S/C16H10ClN3O3S/c17-13-6-8-18-16-15(13)12(14-7-9-19-23-14)10-20(16)24(21,22)11-4-2-1-3-5-11/h1-10H. The Hall–Kier alpha value is -2.64. The molecule has 0 aliphatic heterocycles. The Kier molecular flexibility index (Phi) is 3.40. The monoisotopic (exact) mass is 359 g/mol. The normalized spacial score (nSPS) is 11.9. The van der Waals surface area contributed by atoms with E-state index in [-0.39, 0.29) is 10.5 Å². The van der Waals surface area contributed by atoms with Gasteiger partial charge in [-0.1, -0.05) is 35.0 Å². The van der Waals surface area contributed by atoms with E-state index in [4.69, 9.17) is 16.1 Å². The lowest BCUT2D eigenvalue weighted by molar-refractivity contribution is 0.432. The molecule has 3 heterocycles. The van der Waals surface area contributed by atoms with Crippen LogP contribution in [0.25, 0.3) is 22.4 Å². The first-order valence-corrected chi connectivity index (χ1v) is 8.78. The maximum atomic E-state index is 13.0. The molecule has 0 aliphatic carbocycles. The summed E-state index contributed by atoms with van der Waals surface area (Å²) in [5, 5.41) is 4.55. The summed E-state index contributed by atoms with van der Waals surface area (Å²) in [6.07, 6.45) is 4.40. The Bertz CT molecular complexity index is 1120.